The van der Waals surface area contributed by atoms with Crippen LogP contribution in [0.3, 0.4) is 0 Å². The number of halogens is 2. The van der Waals surface area contributed by atoms with E-state index in [2.05, 4.69) is 5.32 Å². The Morgan fingerprint density at radius 1 is 1.13 bits per heavy atom. The molecule has 1 heterocycles. The Hall–Kier alpha value is -2.32. The van der Waals surface area contributed by atoms with Crippen LogP contribution in [0.2, 0.25) is 0 Å². The molecule has 0 unspecified atom stereocenters. The van der Waals surface area contributed by atoms with Crippen LogP contribution >= 0.6 is 0 Å². The molecule has 0 bridgehead atoms. The number of benzene rings is 2. The number of unbranched alkanes of at least 4 members (excludes halogenated alkanes) is 1. The molecule has 2 aromatic rings. The fourth-order valence-corrected chi connectivity index (χ4v) is 5.30. The number of rotatable bonds is 7. The maximum absolute atomic E-state index is 14.5. The van der Waals surface area contributed by atoms with Gasteiger partial charge in [-0.25, -0.2) is 21.5 Å². The van der Waals surface area contributed by atoms with E-state index in [-0.39, 0.29) is 36.0 Å². The molecule has 2 aromatic carbocycles. The topological polar surface area (TPSA) is 66.5 Å². The molecular formula is C22H26F2N2O3S. The molecule has 8 heteroatoms. The second-order valence-corrected chi connectivity index (χ2v) is 9.60. The summed E-state index contributed by atoms with van der Waals surface area (Å²) in [5.41, 5.74) is 0.787. The monoisotopic (exact) mass is 436 g/mol. The van der Waals surface area contributed by atoms with E-state index in [0.717, 1.165) is 12.5 Å². The first-order chi connectivity index (χ1) is 14.3. The summed E-state index contributed by atoms with van der Waals surface area (Å²) in [7, 11) is -3.31. The summed E-state index contributed by atoms with van der Waals surface area (Å²) >= 11 is 0. The molecule has 1 N–H and O–H groups in total. The van der Waals surface area contributed by atoms with Gasteiger partial charge in [-0.15, -0.1) is 0 Å². The zero-order valence-corrected chi connectivity index (χ0v) is 17.7. The van der Waals surface area contributed by atoms with Crippen molar-refractivity contribution in [2.24, 2.45) is 5.92 Å². The number of hydrogen-bond acceptors (Lipinski definition) is 3. The largest absolute Gasteiger partial charge is 0.323 e. The number of hydrogen-bond donors (Lipinski definition) is 1. The molecule has 1 aliphatic heterocycles. The summed E-state index contributed by atoms with van der Waals surface area (Å²) in [4.78, 5) is 12.8. The van der Waals surface area contributed by atoms with Gasteiger partial charge in [0.25, 0.3) is 0 Å². The van der Waals surface area contributed by atoms with E-state index in [1.165, 1.54) is 10.4 Å². The zero-order valence-electron chi connectivity index (χ0n) is 16.9. The van der Waals surface area contributed by atoms with Crippen molar-refractivity contribution in [3.63, 3.8) is 0 Å². The van der Waals surface area contributed by atoms with E-state index in [9.17, 15) is 22.0 Å². The van der Waals surface area contributed by atoms with Gasteiger partial charge in [-0.3, -0.25) is 4.79 Å². The summed E-state index contributed by atoms with van der Waals surface area (Å²) in [6.45, 7) is 2.47. The number of amides is 1. The highest BCUT2D eigenvalue weighted by atomic mass is 32.2. The van der Waals surface area contributed by atoms with Gasteiger partial charge in [-0.2, -0.15) is 0 Å². The molecule has 0 atom stereocenters. The maximum atomic E-state index is 14.5. The molecule has 0 saturated carbocycles. The van der Waals surface area contributed by atoms with Crippen LogP contribution in [0, 0.1) is 17.6 Å². The third-order valence-corrected chi connectivity index (χ3v) is 7.32. The number of carbonyl (C=O) groups is 1. The summed E-state index contributed by atoms with van der Waals surface area (Å²) in [5, 5.41) is 2.61. The van der Waals surface area contributed by atoms with Gasteiger partial charge in [0, 0.05) is 30.6 Å². The Kier molecular flexibility index (Phi) is 7.20. The van der Waals surface area contributed by atoms with Crippen molar-refractivity contribution >= 4 is 21.6 Å². The Morgan fingerprint density at radius 2 is 1.80 bits per heavy atom. The number of sulfonamides is 1. The Labute approximate surface area is 176 Å². The molecule has 1 amide bonds. The van der Waals surface area contributed by atoms with Gasteiger partial charge in [0.1, 0.15) is 11.6 Å². The van der Waals surface area contributed by atoms with Crippen LogP contribution in [0.25, 0.3) is 11.1 Å². The molecule has 5 nitrogen and oxygen atoms in total. The van der Waals surface area contributed by atoms with E-state index in [0.29, 0.717) is 24.8 Å². The molecular weight excluding hydrogens is 410 g/mol. The van der Waals surface area contributed by atoms with Crippen molar-refractivity contribution in [2.75, 3.05) is 24.2 Å². The van der Waals surface area contributed by atoms with Crippen LogP contribution in [0.5, 0.6) is 0 Å². The lowest BCUT2D eigenvalue weighted by molar-refractivity contribution is -0.120. The minimum Gasteiger partial charge on any atom is -0.323 e. The molecule has 0 radical (unpaired) electrons. The Bertz CT molecular complexity index is 989. The molecule has 30 heavy (non-hydrogen) atoms. The standard InChI is InChI=1S/C22H26F2N2O3S/c1-2-3-13-30(28,29)26-11-9-17(10-12-26)22(27)25-21-19(14-18(23)15-20(21)24)16-7-5-4-6-8-16/h4-8,14-15,17H,2-3,9-13H2,1H3,(H,25,27). The van der Waals surface area contributed by atoms with Gasteiger partial charge in [0.2, 0.25) is 15.9 Å². The number of anilines is 1. The average molecular weight is 437 g/mol. The second-order valence-electron chi connectivity index (χ2n) is 7.51. The van der Waals surface area contributed by atoms with Crippen LogP contribution in [-0.4, -0.2) is 37.5 Å². The molecule has 1 fully saturated rings. The van der Waals surface area contributed by atoms with Crippen LogP contribution < -0.4 is 5.32 Å². The summed E-state index contributed by atoms with van der Waals surface area (Å²) in [6, 6.07) is 10.6. The SMILES string of the molecule is CCCCS(=O)(=O)N1CCC(C(=O)Nc2c(F)cc(F)cc2-c2ccccc2)CC1. The van der Waals surface area contributed by atoms with Crippen LogP contribution in [0.15, 0.2) is 42.5 Å². The van der Waals surface area contributed by atoms with Crippen molar-refractivity contribution < 1.29 is 22.0 Å². The van der Waals surface area contributed by atoms with Crippen LogP contribution in [-0.2, 0) is 14.8 Å². The molecule has 162 valence electrons. The molecule has 1 saturated heterocycles. The number of carbonyl (C=O) groups excluding carboxylic acids is 1. The number of nitrogens with one attached hydrogen (secondary N) is 1. The lowest BCUT2D eigenvalue weighted by atomic mass is 9.96. The summed E-state index contributed by atoms with van der Waals surface area (Å²) in [5.74, 6) is -2.28. The Balaban J connectivity index is 1.72. The van der Waals surface area contributed by atoms with E-state index in [4.69, 9.17) is 0 Å². The first-order valence-corrected chi connectivity index (χ1v) is 11.8. The van der Waals surface area contributed by atoms with E-state index in [1.807, 2.05) is 6.92 Å². The first-order valence-electron chi connectivity index (χ1n) is 10.1. The van der Waals surface area contributed by atoms with Gasteiger partial charge in [0.15, 0.2) is 0 Å². The Morgan fingerprint density at radius 3 is 2.43 bits per heavy atom. The maximum Gasteiger partial charge on any atom is 0.227 e. The summed E-state index contributed by atoms with van der Waals surface area (Å²) in [6.07, 6.45) is 2.13. The van der Waals surface area contributed by atoms with Gasteiger partial charge in [0.05, 0.1) is 11.4 Å². The van der Waals surface area contributed by atoms with E-state index in [1.54, 1.807) is 30.3 Å². The second kappa shape index (κ2) is 9.66. The molecule has 0 aromatic heterocycles. The van der Waals surface area contributed by atoms with E-state index < -0.39 is 27.6 Å². The summed E-state index contributed by atoms with van der Waals surface area (Å²) < 4.78 is 54.4. The zero-order chi connectivity index (χ0) is 21.7. The smallest absolute Gasteiger partial charge is 0.227 e. The quantitative estimate of drug-likeness (QED) is 0.699. The molecule has 0 aliphatic carbocycles. The fraction of sp³-hybridized carbons (Fsp3) is 0.409. The minimum atomic E-state index is -3.31. The predicted molar refractivity (Wildman–Crippen MR) is 113 cm³/mol. The van der Waals surface area contributed by atoms with Crippen molar-refractivity contribution in [2.45, 2.75) is 32.6 Å². The average Bonchev–Trinajstić information content (AvgIpc) is 2.74. The lowest BCUT2D eigenvalue weighted by Crippen LogP contribution is -2.42. The van der Waals surface area contributed by atoms with Crippen LogP contribution in [0.4, 0.5) is 14.5 Å². The van der Waals surface area contributed by atoms with Gasteiger partial charge in [-0.1, -0.05) is 43.7 Å². The third-order valence-electron chi connectivity index (χ3n) is 5.36. The van der Waals surface area contributed by atoms with Crippen molar-refractivity contribution in [1.29, 1.82) is 0 Å². The number of piperidine rings is 1. The minimum absolute atomic E-state index is 0.0643. The number of nitrogens with zero attached hydrogens (tertiary/aromatic N) is 1. The van der Waals surface area contributed by atoms with Crippen LogP contribution in [0.1, 0.15) is 32.6 Å². The highest BCUT2D eigenvalue weighted by Crippen LogP contribution is 2.32. The normalized spacial score (nSPS) is 15.8. The first kappa shape index (κ1) is 22.4. The predicted octanol–water partition coefficient (Wildman–Crippen LogP) is 4.41. The lowest BCUT2D eigenvalue weighted by Gasteiger charge is -2.30. The fourth-order valence-electron chi connectivity index (χ4n) is 3.62. The highest BCUT2D eigenvalue weighted by molar-refractivity contribution is 7.89. The van der Waals surface area contributed by atoms with Crippen molar-refractivity contribution in [3.05, 3.63) is 54.1 Å². The van der Waals surface area contributed by atoms with E-state index >= 15 is 0 Å². The van der Waals surface area contributed by atoms with Crippen molar-refractivity contribution in [1.82, 2.24) is 4.31 Å². The van der Waals surface area contributed by atoms with Crippen molar-refractivity contribution in [3.8, 4) is 11.1 Å². The third kappa shape index (κ3) is 5.23. The van der Waals surface area contributed by atoms with Gasteiger partial charge >= 0.3 is 0 Å². The molecule has 0 spiro atoms. The van der Waals surface area contributed by atoms with Gasteiger partial charge < -0.3 is 5.32 Å². The molecule has 3 rings (SSSR count). The highest BCUT2D eigenvalue weighted by Gasteiger charge is 2.31. The van der Waals surface area contributed by atoms with Gasteiger partial charge in [-0.05, 0) is 30.9 Å². The molecule has 1 aliphatic rings.